The summed E-state index contributed by atoms with van der Waals surface area (Å²) in [6, 6.07) is -0.478. The van der Waals surface area contributed by atoms with E-state index in [2.05, 4.69) is 52.8 Å². The van der Waals surface area contributed by atoms with Crippen molar-refractivity contribution < 1.29 is 14.7 Å². The van der Waals surface area contributed by atoms with Gasteiger partial charge in [0.25, 0.3) is 5.91 Å². The van der Waals surface area contributed by atoms with Gasteiger partial charge in [-0.3, -0.25) is 14.7 Å². The average Bonchev–Trinajstić information content (AvgIpc) is 2.38. The number of fused-ring (bicyclic) bond motifs is 1. The van der Waals surface area contributed by atoms with E-state index in [0.717, 1.165) is 5.71 Å². The molecule has 112 valence electrons. The standard InChI is InChI=1S/C11H13Br3N2O3S/c1-5(2)15-6-7(17)16-8(6)20-4-10(13,3-12)11(16,14)9(18)19/h6,8H,3-4H2,1-2H3,(H,18,19)/t6-,8-,10?,11?/m1/s1. The molecule has 0 aromatic heterocycles. The van der Waals surface area contributed by atoms with Crippen molar-refractivity contribution in [1.29, 1.82) is 0 Å². The zero-order chi connectivity index (χ0) is 15.3. The van der Waals surface area contributed by atoms with Gasteiger partial charge in [0.15, 0.2) is 6.04 Å². The van der Waals surface area contributed by atoms with Crippen LogP contribution in [0.25, 0.3) is 0 Å². The van der Waals surface area contributed by atoms with Crippen molar-refractivity contribution in [2.24, 2.45) is 4.99 Å². The van der Waals surface area contributed by atoms with Gasteiger partial charge in [0.05, 0.1) is 4.32 Å². The number of rotatable bonds is 3. The Labute approximate surface area is 146 Å². The van der Waals surface area contributed by atoms with Crippen molar-refractivity contribution in [2.75, 3.05) is 11.1 Å². The Morgan fingerprint density at radius 2 is 2.15 bits per heavy atom. The Balaban J connectivity index is 2.41. The maximum absolute atomic E-state index is 12.3. The quantitative estimate of drug-likeness (QED) is 0.284. The minimum absolute atomic E-state index is 0.238. The van der Waals surface area contributed by atoms with Crippen LogP contribution in [0.4, 0.5) is 0 Å². The molecule has 2 fully saturated rings. The second-order valence-corrected chi connectivity index (χ2v) is 9.29. The molecule has 0 aromatic carbocycles. The lowest BCUT2D eigenvalue weighted by Gasteiger charge is -2.59. The van der Waals surface area contributed by atoms with Crippen LogP contribution >= 0.6 is 59.6 Å². The molecule has 2 rings (SSSR count). The van der Waals surface area contributed by atoms with Gasteiger partial charge in [-0.25, -0.2) is 4.79 Å². The second-order valence-electron chi connectivity index (χ2n) is 4.96. The number of carboxylic acids is 1. The molecule has 0 aromatic rings. The highest BCUT2D eigenvalue weighted by atomic mass is 79.9. The Kier molecular flexibility index (Phi) is 4.65. The first-order chi connectivity index (χ1) is 9.19. The van der Waals surface area contributed by atoms with E-state index in [9.17, 15) is 14.7 Å². The third-order valence-electron chi connectivity index (χ3n) is 3.32. The van der Waals surface area contributed by atoms with Crippen LogP contribution in [0.1, 0.15) is 13.8 Å². The summed E-state index contributed by atoms with van der Waals surface area (Å²) < 4.78 is -2.25. The van der Waals surface area contributed by atoms with Crippen molar-refractivity contribution in [3.63, 3.8) is 0 Å². The molecule has 2 heterocycles. The fourth-order valence-electron chi connectivity index (χ4n) is 2.29. The minimum Gasteiger partial charge on any atom is -0.479 e. The number of hydrogen-bond acceptors (Lipinski definition) is 4. The molecule has 1 N–H and O–H groups in total. The van der Waals surface area contributed by atoms with E-state index in [1.165, 1.54) is 4.90 Å². The lowest BCUT2D eigenvalue weighted by Crippen LogP contribution is -2.79. The highest BCUT2D eigenvalue weighted by Gasteiger charge is 2.70. The number of β-lactam (4-membered cyclic amide) rings is 1. The maximum Gasteiger partial charge on any atom is 0.342 e. The first kappa shape index (κ1) is 16.8. The first-order valence-corrected chi connectivity index (χ1v) is 9.57. The summed E-state index contributed by atoms with van der Waals surface area (Å²) >= 11 is 11.7. The van der Waals surface area contributed by atoms with E-state index in [0.29, 0.717) is 11.1 Å². The molecule has 0 radical (unpaired) electrons. The molecule has 2 unspecified atom stereocenters. The number of nitrogens with zero attached hydrogens (tertiary/aromatic N) is 2. The van der Waals surface area contributed by atoms with Gasteiger partial charge in [-0.1, -0.05) is 31.9 Å². The van der Waals surface area contributed by atoms with Crippen LogP contribution in [-0.4, -0.2) is 58.9 Å². The summed E-state index contributed by atoms with van der Waals surface area (Å²) in [6.07, 6.45) is 0. The monoisotopic (exact) mass is 490 g/mol. The van der Waals surface area contributed by atoms with E-state index >= 15 is 0 Å². The molecule has 0 spiro atoms. The molecule has 2 saturated heterocycles. The normalized spacial score (nSPS) is 39.9. The summed E-state index contributed by atoms with van der Waals surface area (Å²) in [7, 11) is 0. The topological polar surface area (TPSA) is 70.0 Å². The van der Waals surface area contributed by atoms with Crippen LogP contribution in [-0.2, 0) is 9.59 Å². The van der Waals surface area contributed by atoms with Crippen molar-refractivity contribution in [3.05, 3.63) is 0 Å². The summed E-state index contributed by atoms with van der Waals surface area (Å²) in [5.74, 6) is -0.783. The number of hydrogen-bond donors (Lipinski definition) is 1. The number of carbonyl (C=O) groups excluding carboxylic acids is 1. The summed E-state index contributed by atoms with van der Waals surface area (Å²) in [5.41, 5.74) is 0.815. The Morgan fingerprint density at radius 1 is 1.55 bits per heavy atom. The van der Waals surface area contributed by atoms with Crippen LogP contribution in [0.2, 0.25) is 0 Å². The van der Waals surface area contributed by atoms with E-state index < -0.39 is 20.8 Å². The molecule has 4 atom stereocenters. The Hall–Kier alpha value is 0.400. The maximum atomic E-state index is 12.3. The van der Waals surface area contributed by atoms with Crippen LogP contribution in [0.5, 0.6) is 0 Å². The molecule has 5 nitrogen and oxygen atoms in total. The summed E-state index contributed by atoms with van der Waals surface area (Å²) in [6.45, 7) is 3.66. The Bertz CT molecular complexity index is 499. The van der Waals surface area contributed by atoms with Gasteiger partial charge in [-0.15, -0.1) is 11.8 Å². The lowest BCUT2D eigenvalue weighted by molar-refractivity contribution is -0.163. The van der Waals surface area contributed by atoms with E-state index in [1.807, 2.05) is 13.8 Å². The number of amides is 1. The molecule has 20 heavy (non-hydrogen) atoms. The summed E-state index contributed by atoms with van der Waals surface area (Å²) in [4.78, 5) is 29.8. The van der Waals surface area contributed by atoms with Crippen LogP contribution in [0, 0.1) is 0 Å². The predicted octanol–water partition coefficient (Wildman–Crippen LogP) is 2.46. The highest BCUT2D eigenvalue weighted by molar-refractivity contribution is 9.14. The zero-order valence-electron chi connectivity index (χ0n) is 10.8. The van der Waals surface area contributed by atoms with Gasteiger partial charge < -0.3 is 5.11 Å². The predicted molar refractivity (Wildman–Crippen MR) is 90.4 cm³/mol. The van der Waals surface area contributed by atoms with Gasteiger partial charge in [0, 0.05) is 16.8 Å². The van der Waals surface area contributed by atoms with E-state index in [-0.39, 0.29) is 11.3 Å². The molecule has 0 saturated carbocycles. The van der Waals surface area contributed by atoms with Crippen molar-refractivity contribution >= 4 is 77.1 Å². The largest absolute Gasteiger partial charge is 0.479 e. The summed E-state index contributed by atoms with van der Waals surface area (Å²) in [5, 5.41) is 9.80. The Morgan fingerprint density at radius 3 is 2.60 bits per heavy atom. The number of aliphatic imine (C=N–C) groups is 1. The van der Waals surface area contributed by atoms with Gasteiger partial charge in [-0.2, -0.15) is 0 Å². The van der Waals surface area contributed by atoms with Crippen LogP contribution in [0.15, 0.2) is 4.99 Å². The van der Waals surface area contributed by atoms with E-state index in [4.69, 9.17) is 0 Å². The molecular formula is C11H13Br3N2O3S. The van der Waals surface area contributed by atoms with Gasteiger partial charge >= 0.3 is 5.97 Å². The third kappa shape index (κ3) is 2.19. The molecule has 1 amide bonds. The smallest absolute Gasteiger partial charge is 0.342 e. The second kappa shape index (κ2) is 5.55. The van der Waals surface area contributed by atoms with Crippen molar-refractivity contribution in [2.45, 2.75) is 34.0 Å². The minimum atomic E-state index is -1.47. The fraction of sp³-hybridized carbons (Fsp3) is 0.727. The molecule has 2 aliphatic heterocycles. The lowest BCUT2D eigenvalue weighted by atomic mass is 9.94. The number of alkyl halides is 3. The number of carboxylic acid groups (broad SMARTS) is 1. The molecule has 0 bridgehead atoms. The molecule has 9 heteroatoms. The SMILES string of the molecule is CC(C)=N[C@@H]1C(=O)N2[C@@H]1SCC(Br)(CBr)C2(Br)C(=O)O. The average molecular weight is 493 g/mol. The van der Waals surface area contributed by atoms with Crippen LogP contribution < -0.4 is 0 Å². The number of carbonyl (C=O) groups is 2. The van der Waals surface area contributed by atoms with Gasteiger partial charge in [0.1, 0.15) is 5.37 Å². The van der Waals surface area contributed by atoms with Crippen molar-refractivity contribution in [3.8, 4) is 0 Å². The fourth-order valence-corrected chi connectivity index (χ4v) is 6.80. The van der Waals surface area contributed by atoms with E-state index in [1.54, 1.807) is 11.8 Å². The first-order valence-electron chi connectivity index (χ1n) is 5.82. The number of aliphatic carboxylic acids is 1. The van der Waals surface area contributed by atoms with Gasteiger partial charge in [-0.05, 0) is 29.8 Å². The van der Waals surface area contributed by atoms with Gasteiger partial charge in [0.2, 0.25) is 4.45 Å². The third-order valence-corrected chi connectivity index (χ3v) is 10.0. The molecule has 2 aliphatic rings. The zero-order valence-corrected chi connectivity index (χ0v) is 16.3. The number of halogens is 3. The molecular weight excluding hydrogens is 480 g/mol. The number of thioether (sulfide) groups is 1. The molecule has 0 aliphatic carbocycles. The van der Waals surface area contributed by atoms with Crippen molar-refractivity contribution in [1.82, 2.24) is 4.90 Å². The van der Waals surface area contributed by atoms with Crippen LogP contribution in [0.3, 0.4) is 0 Å². The highest BCUT2D eigenvalue weighted by Crippen LogP contribution is 2.56.